The molecule has 17 heavy (non-hydrogen) atoms. The van der Waals surface area contributed by atoms with E-state index in [0.29, 0.717) is 13.0 Å². The number of rotatable bonds is 3. The molecular formula is C11H17ClN2O2S. The van der Waals surface area contributed by atoms with Crippen molar-refractivity contribution in [3.8, 4) is 0 Å². The fourth-order valence-corrected chi connectivity index (χ4v) is 2.57. The fourth-order valence-electron chi connectivity index (χ4n) is 1.84. The summed E-state index contributed by atoms with van der Waals surface area (Å²) in [6.45, 7) is 2.47. The minimum atomic E-state index is -0.396. The van der Waals surface area contributed by atoms with Crippen LogP contribution in [0.15, 0.2) is 17.5 Å². The van der Waals surface area contributed by atoms with E-state index in [0.717, 1.165) is 4.88 Å². The lowest BCUT2D eigenvalue weighted by atomic mass is 10.1. The summed E-state index contributed by atoms with van der Waals surface area (Å²) in [6, 6.07) is 3.76. The van der Waals surface area contributed by atoms with Gasteiger partial charge in [-0.1, -0.05) is 6.07 Å². The summed E-state index contributed by atoms with van der Waals surface area (Å²) in [5.74, 6) is -0.0301. The van der Waals surface area contributed by atoms with E-state index in [1.54, 1.807) is 11.3 Å². The first-order valence-corrected chi connectivity index (χ1v) is 6.30. The van der Waals surface area contributed by atoms with Gasteiger partial charge in [-0.15, -0.1) is 23.7 Å². The molecule has 0 spiro atoms. The zero-order valence-electron chi connectivity index (χ0n) is 9.55. The molecule has 1 saturated heterocycles. The van der Waals surface area contributed by atoms with Crippen molar-refractivity contribution in [3.05, 3.63) is 22.4 Å². The Morgan fingerprint density at radius 2 is 2.47 bits per heavy atom. The van der Waals surface area contributed by atoms with Crippen molar-refractivity contribution < 1.29 is 9.90 Å². The third-order valence-corrected chi connectivity index (χ3v) is 3.81. The van der Waals surface area contributed by atoms with E-state index < -0.39 is 6.10 Å². The molecule has 96 valence electrons. The van der Waals surface area contributed by atoms with Crippen LogP contribution in [0.1, 0.15) is 24.3 Å². The SMILES string of the molecule is CC(NC(=O)C1CC(O)CN1)c1cccs1.Cl. The Kier molecular flexibility index (Phi) is 5.39. The molecule has 1 aromatic rings. The predicted molar refractivity (Wildman–Crippen MR) is 70.5 cm³/mol. The zero-order valence-corrected chi connectivity index (χ0v) is 11.2. The minimum Gasteiger partial charge on any atom is -0.392 e. The average molecular weight is 277 g/mol. The highest BCUT2D eigenvalue weighted by Gasteiger charge is 2.28. The number of aliphatic hydroxyl groups excluding tert-OH is 1. The lowest BCUT2D eigenvalue weighted by Crippen LogP contribution is -2.41. The average Bonchev–Trinajstić information content (AvgIpc) is 2.87. The van der Waals surface area contributed by atoms with Gasteiger partial charge in [0.2, 0.25) is 5.91 Å². The number of carbonyl (C=O) groups is 1. The molecule has 4 nitrogen and oxygen atoms in total. The first kappa shape index (κ1) is 14.4. The summed E-state index contributed by atoms with van der Waals surface area (Å²) in [5.41, 5.74) is 0. The molecule has 1 fully saturated rings. The van der Waals surface area contributed by atoms with E-state index in [9.17, 15) is 9.90 Å². The molecule has 3 unspecified atom stereocenters. The van der Waals surface area contributed by atoms with Gasteiger partial charge in [-0.05, 0) is 24.8 Å². The van der Waals surface area contributed by atoms with E-state index in [-0.39, 0.29) is 30.4 Å². The van der Waals surface area contributed by atoms with Crippen molar-refractivity contribution >= 4 is 29.7 Å². The summed E-state index contributed by atoms with van der Waals surface area (Å²) < 4.78 is 0. The zero-order chi connectivity index (χ0) is 11.5. The van der Waals surface area contributed by atoms with E-state index >= 15 is 0 Å². The second-order valence-electron chi connectivity index (χ2n) is 4.10. The van der Waals surface area contributed by atoms with Crippen LogP contribution in [-0.4, -0.2) is 29.7 Å². The second-order valence-corrected chi connectivity index (χ2v) is 5.08. The van der Waals surface area contributed by atoms with Gasteiger partial charge in [-0.3, -0.25) is 4.79 Å². The summed E-state index contributed by atoms with van der Waals surface area (Å²) in [6.07, 6.45) is 0.107. The van der Waals surface area contributed by atoms with Gasteiger partial charge in [-0.25, -0.2) is 0 Å². The molecule has 0 radical (unpaired) electrons. The lowest BCUT2D eigenvalue weighted by molar-refractivity contribution is -0.123. The molecule has 3 atom stereocenters. The fraction of sp³-hybridized carbons (Fsp3) is 0.545. The van der Waals surface area contributed by atoms with Crippen LogP contribution in [0, 0.1) is 0 Å². The molecule has 0 aliphatic carbocycles. The van der Waals surface area contributed by atoms with Crippen molar-refractivity contribution in [2.75, 3.05) is 6.54 Å². The van der Waals surface area contributed by atoms with Crippen molar-refractivity contribution in [2.24, 2.45) is 0 Å². The van der Waals surface area contributed by atoms with E-state index in [1.165, 1.54) is 0 Å². The Hall–Kier alpha value is -0.620. The van der Waals surface area contributed by atoms with Crippen LogP contribution in [0.25, 0.3) is 0 Å². The molecule has 2 heterocycles. The van der Waals surface area contributed by atoms with Crippen molar-refractivity contribution in [1.29, 1.82) is 0 Å². The predicted octanol–water partition coefficient (Wildman–Crippen LogP) is 1.07. The van der Waals surface area contributed by atoms with Gasteiger partial charge in [0.25, 0.3) is 0 Å². The monoisotopic (exact) mass is 276 g/mol. The maximum Gasteiger partial charge on any atom is 0.237 e. The first-order chi connectivity index (χ1) is 7.66. The van der Waals surface area contributed by atoms with Crippen LogP contribution >= 0.6 is 23.7 Å². The van der Waals surface area contributed by atoms with Crippen molar-refractivity contribution in [1.82, 2.24) is 10.6 Å². The molecule has 1 aromatic heterocycles. The number of hydrogen-bond donors (Lipinski definition) is 3. The van der Waals surface area contributed by atoms with E-state index in [1.807, 2.05) is 24.4 Å². The van der Waals surface area contributed by atoms with Gasteiger partial charge in [0.05, 0.1) is 18.2 Å². The third-order valence-electron chi connectivity index (χ3n) is 2.75. The topological polar surface area (TPSA) is 61.4 Å². The lowest BCUT2D eigenvalue weighted by Gasteiger charge is -2.15. The molecule has 0 bridgehead atoms. The Morgan fingerprint density at radius 3 is 3.00 bits per heavy atom. The summed E-state index contributed by atoms with van der Waals surface area (Å²) in [7, 11) is 0. The molecule has 2 rings (SSSR count). The molecule has 3 N–H and O–H groups in total. The van der Waals surface area contributed by atoms with Crippen LogP contribution in [0.4, 0.5) is 0 Å². The van der Waals surface area contributed by atoms with E-state index in [4.69, 9.17) is 0 Å². The highest BCUT2D eigenvalue weighted by atomic mass is 35.5. The summed E-state index contributed by atoms with van der Waals surface area (Å²) in [5, 5.41) is 17.3. The highest BCUT2D eigenvalue weighted by Crippen LogP contribution is 2.18. The maximum absolute atomic E-state index is 11.8. The van der Waals surface area contributed by atoms with Gasteiger partial charge in [0.1, 0.15) is 0 Å². The summed E-state index contributed by atoms with van der Waals surface area (Å²) >= 11 is 1.63. The quantitative estimate of drug-likeness (QED) is 0.774. The Balaban J connectivity index is 0.00000144. The van der Waals surface area contributed by atoms with Gasteiger partial charge >= 0.3 is 0 Å². The van der Waals surface area contributed by atoms with Gasteiger partial charge in [0, 0.05) is 11.4 Å². The molecule has 1 aliphatic rings. The number of amides is 1. The molecule has 1 amide bonds. The maximum atomic E-state index is 11.8. The smallest absolute Gasteiger partial charge is 0.237 e. The van der Waals surface area contributed by atoms with Crippen LogP contribution in [0.2, 0.25) is 0 Å². The first-order valence-electron chi connectivity index (χ1n) is 5.42. The minimum absolute atomic E-state index is 0. The summed E-state index contributed by atoms with van der Waals surface area (Å²) in [4.78, 5) is 13.0. The standard InChI is InChI=1S/C11H16N2O2S.ClH/c1-7(10-3-2-4-16-10)13-11(15)9-5-8(14)6-12-9;/h2-4,7-9,12,14H,5-6H2,1H3,(H,13,15);1H. The van der Waals surface area contributed by atoms with Crippen molar-refractivity contribution in [3.63, 3.8) is 0 Å². The number of thiophene rings is 1. The van der Waals surface area contributed by atoms with Crippen LogP contribution in [0.5, 0.6) is 0 Å². The number of nitrogens with one attached hydrogen (secondary N) is 2. The largest absolute Gasteiger partial charge is 0.392 e. The van der Waals surface area contributed by atoms with Gasteiger partial charge in [0.15, 0.2) is 0 Å². The molecule has 6 heteroatoms. The third kappa shape index (κ3) is 3.67. The number of carbonyl (C=O) groups excluding carboxylic acids is 1. The van der Waals surface area contributed by atoms with Gasteiger partial charge in [-0.2, -0.15) is 0 Å². The van der Waals surface area contributed by atoms with Crippen LogP contribution in [-0.2, 0) is 4.79 Å². The number of halogens is 1. The molecule has 0 saturated carbocycles. The number of aliphatic hydroxyl groups is 1. The van der Waals surface area contributed by atoms with Gasteiger partial charge < -0.3 is 15.7 Å². The normalized spacial score (nSPS) is 25.1. The highest BCUT2D eigenvalue weighted by molar-refractivity contribution is 7.10. The van der Waals surface area contributed by atoms with E-state index in [2.05, 4.69) is 10.6 Å². The van der Waals surface area contributed by atoms with Crippen molar-refractivity contribution in [2.45, 2.75) is 31.5 Å². The molecule has 0 aromatic carbocycles. The number of hydrogen-bond acceptors (Lipinski definition) is 4. The molecule has 1 aliphatic heterocycles. The van der Waals surface area contributed by atoms with Crippen LogP contribution < -0.4 is 10.6 Å². The molecular weight excluding hydrogens is 260 g/mol. The van der Waals surface area contributed by atoms with Crippen LogP contribution in [0.3, 0.4) is 0 Å². The Morgan fingerprint density at radius 1 is 1.71 bits per heavy atom. The number of β-amino-alcohol motifs (C(OH)–C–C–N with tert-alkyl or cyclic N) is 1. The Labute approximate surface area is 111 Å². The second kappa shape index (κ2) is 6.35. The Bertz CT molecular complexity index is 358.